The van der Waals surface area contributed by atoms with Gasteiger partial charge in [0.1, 0.15) is 5.69 Å². The van der Waals surface area contributed by atoms with E-state index in [2.05, 4.69) is 15.3 Å². The van der Waals surface area contributed by atoms with Crippen LogP contribution in [0.15, 0.2) is 41.4 Å². The van der Waals surface area contributed by atoms with E-state index in [-0.39, 0.29) is 23.3 Å². The highest BCUT2D eigenvalue weighted by Crippen LogP contribution is 2.49. The van der Waals surface area contributed by atoms with Crippen molar-refractivity contribution in [3.8, 4) is 0 Å². The van der Waals surface area contributed by atoms with Crippen molar-refractivity contribution in [2.45, 2.75) is 31.7 Å². The molecule has 0 bridgehead atoms. The molecule has 0 unspecified atom stereocenters. The van der Waals surface area contributed by atoms with Gasteiger partial charge in [-0.2, -0.15) is 0 Å². The molecular weight excluding hydrogens is 320 g/mol. The van der Waals surface area contributed by atoms with E-state index in [9.17, 15) is 9.59 Å². The van der Waals surface area contributed by atoms with Gasteiger partial charge in [-0.05, 0) is 43.2 Å². The van der Waals surface area contributed by atoms with Gasteiger partial charge in [0.15, 0.2) is 5.76 Å². The topological polar surface area (TPSA) is 88.3 Å². The summed E-state index contributed by atoms with van der Waals surface area (Å²) in [5.74, 6) is 0.155. The molecule has 0 radical (unpaired) electrons. The van der Waals surface area contributed by atoms with Crippen molar-refractivity contribution in [1.29, 1.82) is 0 Å². The zero-order valence-corrected chi connectivity index (χ0v) is 13.9. The first-order chi connectivity index (χ1) is 12.2. The Kier molecular flexibility index (Phi) is 3.99. The standard InChI is InChI=1S/C18H20N4O3/c23-16(13-12-19-7-8-20-13)21-15-3-4-18(15)5-9-22(10-6-18)17(24)14-2-1-11-25-14/h1-2,7-8,11-12,15H,3-6,9-10H2,(H,21,23)/t15-/m1/s1. The van der Waals surface area contributed by atoms with E-state index < -0.39 is 0 Å². The number of aromatic nitrogens is 2. The van der Waals surface area contributed by atoms with Gasteiger partial charge in [-0.25, -0.2) is 4.98 Å². The van der Waals surface area contributed by atoms with Crippen LogP contribution in [0.3, 0.4) is 0 Å². The molecule has 2 aromatic heterocycles. The van der Waals surface area contributed by atoms with E-state index in [1.165, 1.54) is 18.7 Å². The Morgan fingerprint density at radius 2 is 2.08 bits per heavy atom. The maximum atomic E-state index is 12.4. The Bertz CT molecular complexity index is 752. The number of hydrogen-bond donors (Lipinski definition) is 1. The molecule has 1 aliphatic carbocycles. The third-order valence-corrected chi connectivity index (χ3v) is 5.55. The van der Waals surface area contributed by atoms with Gasteiger partial charge in [-0.3, -0.25) is 14.6 Å². The molecule has 25 heavy (non-hydrogen) atoms. The Morgan fingerprint density at radius 3 is 2.68 bits per heavy atom. The first kappa shape index (κ1) is 15.8. The lowest BCUT2D eigenvalue weighted by Crippen LogP contribution is -2.59. The van der Waals surface area contributed by atoms with E-state index in [0.717, 1.165) is 25.7 Å². The molecule has 130 valence electrons. The quantitative estimate of drug-likeness (QED) is 0.922. The summed E-state index contributed by atoms with van der Waals surface area (Å²) < 4.78 is 5.20. The molecular formula is C18H20N4O3. The highest BCUT2D eigenvalue weighted by Gasteiger charge is 2.49. The van der Waals surface area contributed by atoms with E-state index in [0.29, 0.717) is 24.5 Å². The summed E-state index contributed by atoms with van der Waals surface area (Å²) in [4.78, 5) is 34.5. The molecule has 1 N–H and O–H groups in total. The number of nitrogens with zero attached hydrogens (tertiary/aromatic N) is 3. The van der Waals surface area contributed by atoms with Crippen LogP contribution < -0.4 is 5.32 Å². The SMILES string of the molecule is O=C(N[C@@H]1CCC12CCN(C(=O)c1ccco1)CC2)c1cnccn1. The lowest BCUT2D eigenvalue weighted by Gasteiger charge is -2.53. The number of amides is 2. The number of furan rings is 1. The van der Waals surface area contributed by atoms with Gasteiger partial charge in [0.2, 0.25) is 0 Å². The minimum Gasteiger partial charge on any atom is -0.459 e. The third-order valence-electron chi connectivity index (χ3n) is 5.55. The normalized spacial score (nSPS) is 21.6. The molecule has 0 aromatic carbocycles. The van der Waals surface area contributed by atoms with Crippen molar-refractivity contribution in [3.05, 3.63) is 48.4 Å². The van der Waals surface area contributed by atoms with Gasteiger partial charge >= 0.3 is 0 Å². The van der Waals surface area contributed by atoms with Crippen LogP contribution in [0.4, 0.5) is 0 Å². The van der Waals surface area contributed by atoms with Crippen molar-refractivity contribution < 1.29 is 14.0 Å². The first-order valence-corrected chi connectivity index (χ1v) is 8.58. The highest BCUT2D eigenvalue weighted by atomic mass is 16.3. The maximum Gasteiger partial charge on any atom is 0.289 e. The van der Waals surface area contributed by atoms with Crippen LogP contribution in [-0.2, 0) is 0 Å². The number of nitrogens with one attached hydrogen (secondary N) is 1. The molecule has 1 aliphatic heterocycles. The molecule has 1 saturated carbocycles. The summed E-state index contributed by atoms with van der Waals surface area (Å²) in [7, 11) is 0. The summed E-state index contributed by atoms with van der Waals surface area (Å²) >= 11 is 0. The van der Waals surface area contributed by atoms with Gasteiger partial charge < -0.3 is 14.6 Å². The molecule has 1 spiro atoms. The Balaban J connectivity index is 1.36. The summed E-state index contributed by atoms with van der Waals surface area (Å²) in [6.07, 6.45) is 9.90. The predicted octanol–water partition coefficient (Wildman–Crippen LogP) is 1.88. The van der Waals surface area contributed by atoms with Crippen molar-refractivity contribution in [1.82, 2.24) is 20.2 Å². The number of hydrogen-bond acceptors (Lipinski definition) is 5. The fourth-order valence-electron chi connectivity index (χ4n) is 3.88. The maximum absolute atomic E-state index is 12.4. The smallest absolute Gasteiger partial charge is 0.289 e. The molecule has 4 rings (SSSR count). The molecule has 7 nitrogen and oxygen atoms in total. The van der Waals surface area contributed by atoms with Crippen molar-refractivity contribution >= 4 is 11.8 Å². The van der Waals surface area contributed by atoms with Crippen LogP contribution in [-0.4, -0.2) is 45.8 Å². The number of likely N-dealkylation sites (tertiary alicyclic amines) is 1. The summed E-state index contributed by atoms with van der Waals surface area (Å²) in [5, 5.41) is 3.10. The van der Waals surface area contributed by atoms with Crippen molar-refractivity contribution in [2.24, 2.45) is 5.41 Å². The second kappa shape index (κ2) is 6.31. The van der Waals surface area contributed by atoms with Crippen molar-refractivity contribution in [2.75, 3.05) is 13.1 Å². The van der Waals surface area contributed by atoms with E-state index in [1.807, 2.05) is 4.90 Å². The van der Waals surface area contributed by atoms with Crippen molar-refractivity contribution in [3.63, 3.8) is 0 Å². The van der Waals surface area contributed by atoms with Crippen LogP contribution in [0.2, 0.25) is 0 Å². The van der Waals surface area contributed by atoms with Gasteiger partial charge in [-0.15, -0.1) is 0 Å². The van der Waals surface area contributed by atoms with E-state index in [4.69, 9.17) is 4.42 Å². The molecule has 7 heteroatoms. The Morgan fingerprint density at radius 1 is 1.24 bits per heavy atom. The predicted molar refractivity (Wildman–Crippen MR) is 88.8 cm³/mol. The molecule has 2 aliphatic rings. The van der Waals surface area contributed by atoms with Crippen LogP contribution in [0, 0.1) is 5.41 Å². The number of carbonyl (C=O) groups excluding carboxylic acids is 2. The molecule has 1 atom stereocenters. The summed E-state index contributed by atoms with van der Waals surface area (Å²) in [6.45, 7) is 1.38. The molecule has 3 heterocycles. The molecule has 2 amide bonds. The lowest BCUT2D eigenvalue weighted by molar-refractivity contribution is -0.00324. The van der Waals surface area contributed by atoms with Gasteiger partial charge in [0, 0.05) is 31.5 Å². The minimum atomic E-state index is -0.175. The number of rotatable bonds is 3. The summed E-state index contributed by atoms with van der Waals surface area (Å²) in [6, 6.07) is 3.56. The zero-order valence-electron chi connectivity index (χ0n) is 13.9. The van der Waals surface area contributed by atoms with Gasteiger partial charge in [0.05, 0.1) is 12.5 Å². The zero-order chi connectivity index (χ0) is 17.3. The Labute approximate surface area is 145 Å². The van der Waals surface area contributed by atoms with Gasteiger partial charge in [-0.1, -0.05) is 0 Å². The van der Waals surface area contributed by atoms with Crippen LogP contribution >= 0.6 is 0 Å². The fourth-order valence-corrected chi connectivity index (χ4v) is 3.88. The lowest BCUT2D eigenvalue weighted by atomic mass is 9.59. The second-order valence-electron chi connectivity index (χ2n) is 6.79. The average molecular weight is 340 g/mol. The summed E-state index contributed by atoms with van der Waals surface area (Å²) in [5.41, 5.74) is 0.438. The number of piperidine rings is 1. The monoisotopic (exact) mass is 340 g/mol. The third kappa shape index (κ3) is 2.90. The van der Waals surface area contributed by atoms with Crippen LogP contribution in [0.5, 0.6) is 0 Å². The first-order valence-electron chi connectivity index (χ1n) is 8.58. The molecule has 2 fully saturated rings. The highest BCUT2D eigenvalue weighted by molar-refractivity contribution is 5.92. The van der Waals surface area contributed by atoms with Gasteiger partial charge in [0.25, 0.3) is 11.8 Å². The minimum absolute atomic E-state index is 0.0562. The number of carbonyl (C=O) groups is 2. The van der Waals surface area contributed by atoms with Crippen LogP contribution in [0.25, 0.3) is 0 Å². The molecule has 1 saturated heterocycles. The van der Waals surface area contributed by atoms with E-state index >= 15 is 0 Å². The van der Waals surface area contributed by atoms with E-state index in [1.54, 1.807) is 18.3 Å². The largest absolute Gasteiger partial charge is 0.459 e. The molecule has 2 aromatic rings. The average Bonchev–Trinajstić information content (AvgIpc) is 3.20. The van der Waals surface area contributed by atoms with Crippen LogP contribution in [0.1, 0.15) is 46.7 Å². The second-order valence-corrected chi connectivity index (χ2v) is 6.79. The fraction of sp³-hybridized carbons (Fsp3) is 0.444. The Hall–Kier alpha value is -2.70.